The highest BCUT2D eigenvalue weighted by Crippen LogP contribution is 2.32. The van der Waals surface area contributed by atoms with Crippen LogP contribution in [0.1, 0.15) is 11.3 Å². The van der Waals surface area contributed by atoms with Gasteiger partial charge in [-0.3, -0.25) is 0 Å². The number of hydrogen-bond donors (Lipinski definition) is 0. The SMILES string of the molecule is COc1ccc(/C=C\C(=O)OCc2cc(-c3ccc(OC)c(OC)c3)on2)cc1OC. The first-order chi connectivity index (χ1) is 15.1. The van der Waals surface area contributed by atoms with Crippen LogP contribution in [0.15, 0.2) is 53.1 Å². The fraction of sp³-hybridized carbons (Fsp3) is 0.217. The molecule has 3 aromatic rings. The van der Waals surface area contributed by atoms with E-state index in [9.17, 15) is 4.79 Å². The van der Waals surface area contributed by atoms with Gasteiger partial charge in [-0.1, -0.05) is 11.2 Å². The molecule has 0 aliphatic rings. The average molecular weight is 425 g/mol. The molecule has 0 aliphatic heterocycles. The minimum absolute atomic E-state index is 0.0219. The molecule has 0 saturated carbocycles. The van der Waals surface area contributed by atoms with Crippen LogP contribution in [0.2, 0.25) is 0 Å². The minimum Gasteiger partial charge on any atom is -0.493 e. The molecule has 0 saturated heterocycles. The summed E-state index contributed by atoms with van der Waals surface area (Å²) in [6, 6.07) is 12.4. The van der Waals surface area contributed by atoms with Crippen molar-refractivity contribution >= 4 is 12.0 Å². The molecule has 162 valence electrons. The Morgan fingerprint density at radius 2 is 1.52 bits per heavy atom. The van der Waals surface area contributed by atoms with E-state index in [1.807, 2.05) is 6.07 Å². The van der Waals surface area contributed by atoms with Gasteiger partial charge >= 0.3 is 5.97 Å². The second kappa shape index (κ2) is 10.2. The number of rotatable bonds is 9. The van der Waals surface area contributed by atoms with Crippen LogP contribution < -0.4 is 18.9 Å². The number of methoxy groups -OCH3 is 4. The van der Waals surface area contributed by atoms with E-state index in [0.29, 0.717) is 34.5 Å². The van der Waals surface area contributed by atoms with Crippen LogP contribution in [0.25, 0.3) is 17.4 Å². The van der Waals surface area contributed by atoms with E-state index in [0.717, 1.165) is 11.1 Å². The van der Waals surface area contributed by atoms with Crippen molar-refractivity contribution in [3.63, 3.8) is 0 Å². The van der Waals surface area contributed by atoms with Gasteiger partial charge in [-0.25, -0.2) is 4.79 Å². The highest BCUT2D eigenvalue weighted by atomic mass is 16.5. The fourth-order valence-electron chi connectivity index (χ4n) is 2.82. The molecule has 8 nitrogen and oxygen atoms in total. The Hall–Kier alpha value is -3.94. The Morgan fingerprint density at radius 3 is 2.19 bits per heavy atom. The summed E-state index contributed by atoms with van der Waals surface area (Å²) in [6.07, 6.45) is 2.96. The number of benzene rings is 2. The molecule has 0 unspecified atom stereocenters. The lowest BCUT2D eigenvalue weighted by Crippen LogP contribution is -2.00. The van der Waals surface area contributed by atoms with Crippen LogP contribution in [-0.2, 0) is 16.1 Å². The molecule has 0 atom stereocenters. The molecule has 0 N–H and O–H groups in total. The zero-order valence-electron chi connectivity index (χ0n) is 17.7. The van der Waals surface area contributed by atoms with Crippen LogP contribution >= 0.6 is 0 Å². The van der Waals surface area contributed by atoms with Gasteiger partial charge in [0.05, 0.1) is 28.4 Å². The van der Waals surface area contributed by atoms with Crippen LogP contribution in [0.3, 0.4) is 0 Å². The van der Waals surface area contributed by atoms with Crippen molar-refractivity contribution in [3.05, 3.63) is 59.8 Å². The quantitative estimate of drug-likeness (QED) is 0.373. The van der Waals surface area contributed by atoms with Crippen molar-refractivity contribution in [1.29, 1.82) is 0 Å². The third kappa shape index (κ3) is 5.36. The van der Waals surface area contributed by atoms with Gasteiger partial charge in [-0.2, -0.15) is 0 Å². The monoisotopic (exact) mass is 425 g/mol. The van der Waals surface area contributed by atoms with E-state index in [2.05, 4.69) is 5.16 Å². The molecule has 0 radical (unpaired) electrons. The van der Waals surface area contributed by atoms with E-state index in [-0.39, 0.29) is 6.61 Å². The molecule has 0 fully saturated rings. The largest absolute Gasteiger partial charge is 0.493 e. The topological polar surface area (TPSA) is 89.3 Å². The first-order valence-electron chi connectivity index (χ1n) is 9.32. The summed E-state index contributed by atoms with van der Waals surface area (Å²) >= 11 is 0. The molecular weight excluding hydrogens is 402 g/mol. The molecule has 8 heteroatoms. The summed E-state index contributed by atoms with van der Waals surface area (Å²) in [5, 5.41) is 3.94. The van der Waals surface area contributed by atoms with Gasteiger partial charge < -0.3 is 28.2 Å². The molecule has 0 amide bonds. The number of aromatic nitrogens is 1. The maximum Gasteiger partial charge on any atom is 0.331 e. The third-order valence-corrected chi connectivity index (χ3v) is 4.41. The van der Waals surface area contributed by atoms with Gasteiger partial charge in [0.1, 0.15) is 12.3 Å². The molecule has 2 aromatic carbocycles. The van der Waals surface area contributed by atoms with Crippen LogP contribution in [0.5, 0.6) is 23.0 Å². The zero-order chi connectivity index (χ0) is 22.2. The Morgan fingerprint density at radius 1 is 0.871 bits per heavy atom. The van der Waals surface area contributed by atoms with Gasteiger partial charge in [0.15, 0.2) is 28.8 Å². The Labute approximate surface area is 179 Å². The third-order valence-electron chi connectivity index (χ3n) is 4.41. The summed E-state index contributed by atoms with van der Waals surface area (Å²) < 4.78 is 31.5. The predicted octanol–water partition coefficient (Wildman–Crippen LogP) is 4.13. The molecule has 0 bridgehead atoms. The Bertz CT molecular complexity index is 1070. The van der Waals surface area contributed by atoms with Crippen molar-refractivity contribution in [2.24, 2.45) is 0 Å². The fourth-order valence-corrected chi connectivity index (χ4v) is 2.82. The lowest BCUT2D eigenvalue weighted by Gasteiger charge is -2.07. The number of hydrogen-bond acceptors (Lipinski definition) is 8. The summed E-state index contributed by atoms with van der Waals surface area (Å²) in [7, 11) is 6.24. The van der Waals surface area contributed by atoms with Crippen molar-refractivity contribution in [2.45, 2.75) is 6.61 Å². The number of carbonyl (C=O) groups is 1. The highest BCUT2D eigenvalue weighted by molar-refractivity contribution is 5.87. The Kier molecular flexibility index (Phi) is 7.16. The molecule has 1 heterocycles. The first-order valence-corrected chi connectivity index (χ1v) is 9.32. The van der Waals surface area contributed by atoms with Gasteiger partial charge in [0.2, 0.25) is 0 Å². The summed E-state index contributed by atoms with van der Waals surface area (Å²) in [5.74, 6) is 2.38. The number of carbonyl (C=O) groups excluding carboxylic acids is 1. The molecule has 31 heavy (non-hydrogen) atoms. The standard InChI is InChI=1S/C23H23NO7/c1-26-18-8-5-15(11-21(18)28-3)6-10-23(25)30-14-17-13-20(31-24-17)16-7-9-19(27-2)22(12-16)29-4/h5-13H,14H2,1-4H3/b10-6-. The average Bonchev–Trinajstić information content (AvgIpc) is 3.29. The summed E-state index contributed by atoms with van der Waals surface area (Å²) in [5.41, 5.74) is 2.01. The molecule has 0 aliphatic carbocycles. The number of esters is 1. The Balaban J connectivity index is 1.60. The summed E-state index contributed by atoms with van der Waals surface area (Å²) in [4.78, 5) is 12.0. The van der Waals surface area contributed by atoms with E-state index >= 15 is 0 Å². The molecule has 0 spiro atoms. The number of nitrogens with zero attached hydrogens (tertiary/aromatic N) is 1. The van der Waals surface area contributed by atoms with E-state index in [1.54, 1.807) is 70.9 Å². The van der Waals surface area contributed by atoms with Crippen molar-refractivity contribution in [2.75, 3.05) is 28.4 Å². The lowest BCUT2D eigenvalue weighted by molar-refractivity contribution is -0.139. The molecule has 3 rings (SSSR count). The predicted molar refractivity (Wildman–Crippen MR) is 113 cm³/mol. The second-order valence-corrected chi connectivity index (χ2v) is 6.31. The van der Waals surface area contributed by atoms with E-state index < -0.39 is 5.97 Å². The van der Waals surface area contributed by atoms with Crippen LogP contribution in [0.4, 0.5) is 0 Å². The number of ether oxygens (including phenoxy) is 5. The van der Waals surface area contributed by atoms with Gasteiger partial charge in [-0.15, -0.1) is 0 Å². The maximum atomic E-state index is 12.0. The first kappa shape index (κ1) is 21.8. The molecular formula is C23H23NO7. The normalized spacial score (nSPS) is 10.7. The zero-order valence-corrected chi connectivity index (χ0v) is 17.7. The van der Waals surface area contributed by atoms with Gasteiger partial charge in [0, 0.05) is 17.7 Å². The molecule has 1 aromatic heterocycles. The van der Waals surface area contributed by atoms with Crippen molar-refractivity contribution < 1.29 is 33.0 Å². The van der Waals surface area contributed by atoms with Gasteiger partial charge in [0.25, 0.3) is 0 Å². The van der Waals surface area contributed by atoms with Gasteiger partial charge in [-0.05, 0) is 42.0 Å². The smallest absolute Gasteiger partial charge is 0.331 e. The highest BCUT2D eigenvalue weighted by Gasteiger charge is 2.12. The van der Waals surface area contributed by atoms with Crippen molar-refractivity contribution in [3.8, 4) is 34.3 Å². The van der Waals surface area contributed by atoms with Crippen molar-refractivity contribution in [1.82, 2.24) is 5.16 Å². The van der Waals surface area contributed by atoms with Crippen LogP contribution in [-0.4, -0.2) is 39.6 Å². The lowest BCUT2D eigenvalue weighted by atomic mass is 10.1. The minimum atomic E-state index is -0.509. The van der Waals surface area contributed by atoms with E-state index in [1.165, 1.54) is 6.08 Å². The second-order valence-electron chi connectivity index (χ2n) is 6.31. The maximum absolute atomic E-state index is 12.0. The summed E-state index contributed by atoms with van der Waals surface area (Å²) in [6.45, 7) is -0.0219. The van der Waals surface area contributed by atoms with E-state index in [4.69, 9.17) is 28.2 Å². The van der Waals surface area contributed by atoms with Crippen LogP contribution in [0, 0.1) is 0 Å².